The number of fused-ring (bicyclic) bond motifs is 2. The van der Waals surface area contributed by atoms with Crippen LogP contribution in [0.15, 0.2) is 6.20 Å². The van der Waals surface area contributed by atoms with E-state index >= 15 is 0 Å². The maximum absolute atomic E-state index is 11.8. The predicted molar refractivity (Wildman–Crippen MR) is 85.8 cm³/mol. The predicted octanol–water partition coefficient (Wildman–Crippen LogP) is 1.30. The van der Waals surface area contributed by atoms with Gasteiger partial charge in [-0.3, -0.25) is 0 Å². The first-order valence-corrected chi connectivity index (χ1v) is 7.90. The lowest BCUT2D eigenvalue weighted by Crippen LogP contribution is -2.18. The highest BCUT2D eigenvalue weighted by atomic mass is 16.5. The number of nitrogens with zero attached hydrogens (tertiary/aromatic N) is 2. The molecule has 0 radical (unpaired) electrons. The molecular weight excluding hydrogens is 300 g/mol. The first-order valence-electron chi connectivity index (χ1n) is 7.90. The number of carbonyl (C=O) groups is 1. The zero-order valence-electron chi connectivity index (χ0n) is 13.5. The van der Waals surface area contributed by atoms with Crippen molar-refractivity contribution in [3.63, 3.8) is 0 Å². The Bertz CT molecular complexity index is 498. The minimum atomic E-state index is -0.470. The minimum Gasteiger partial charge on any atom is -0.465 e. The molecule has 0 saturated heterocycles. The molecule has 0 saturated carbocycles. The molecule has 8 heteroatoms. The molecule has 2 heterocycles. The van der Waals surface area contributed by atoms with Crippen LogP contribution < -0.4 is 10.6 Å². The topological polar surface area (TPSA) is 94.6 Å². The number of nitrogens with one attached hydrogen (secondary N) is 2. The van der Waals surface area contributed by atoms with Gasteiger partial charge in [0, 0.05) is 25.9 Å². The molecule has 0 aromatic carbocycles. The lowest BCUT2D eigenvalue weighted by molar-refractivity contribution is 0.0501. The van der Waals surface area contributed by atoms with Crippen molar-refractivity contribution in [2.45, 2.75) is 19.3 Å². The molecule has 0 amide bonds. The van der Waals surface area contributed by atoms with E-state index in [1.54, 1.807) is 0 Å². The van der Waals surface area contributed by atoms with E-state index in [9.17, 15) is 4.79 Å². The van der Waals surface area contributed by atoms with Gasteiger partial charge >= 0.3 is 5.97 Å². The van der Waals surface area contributed by atoms with Crippen molar-refractivity contribution in [3.05, 3.63) is 11.8 Å². The summed E-state index contributed by atoms with van der Waals surface area (Å²) in [6, 6.07) is 0. The summed E-state index contributed by atoms with van der Waals surface area (Å²) >= 11 is 0. The highest BCUT2D eigenvalue weighted by Crippen LogP contribution is 2.15. The van der Waals surface area contributed by atoms with Gasteiger partial charge in [0.05, 0.1) is 26.9 Å². The Hall–Kier alpha value is -1.93. The summed E-state index contributed by atoms with van der Waals surface area (Å²) in [4.78, 5) is 20.3. The summed E-state index contributed by atoms with van der Waals surface area (Å²) in [5.41, 5.74) is 0.308. The van der Waals surface area contributed by atoms with Gasteiger partial charge < -0.3 is 24.8 Å². The summed E-state index contributed by atoms with van der Waals surface area (Å²) in [7, 11) is 1.33. The number of anilines is 2. The summed E-state index contributed by atoms with van der Waals surface area (Å²) in [5.74, 6) is 0.466. The lowest BCUT2D eigenvalue weighted by Gasteiger charge is -2.13. The molecule has 0 aliphatic carbocycles. The summed E-state index contributed by atoms with van der Waals surface area (Å²) in [5, 5.41) is 6.26. The van der Waals surface area contributed by atoms with Gasteiger partial charge in [-0.25, -0.2) is 9.78 Å². The van der Waals surface area contributed by atoms with Crippen molar-refractivity contribution in [1.29, 1.82) is 0 Å². The smallest absolute Gasteiger partial charge is 0.343 e. The lowest BCUT2D eigenvalue weighted by atomic mass is 10.2. The maximum Gasteiger partial charge on any atom is 0.343 e. The van der Waals surface area contributed by atoms with Gasteiger partial charge in [-0.15, -0.1) is 0 Å². The third kappa shape index (κ3) is 5.99. The van der Waals surface area contributed by atoms with Crippen LogP contribution in [-0.2, 0) is 14.2 Å². The summed E-state index contributed by atoms with van der Waals surface area (Å²) < 4.78 is 15.7. The Morgan fingerprint density at radius 3 is 2.74 bits per heavy atom. The molecule has 128 valence electrons. The fourth-order valence-electron chi connectivity index (χ4n) is 2.13. The molecule has 23 heavy (non-hydrogen) atoms. The van der Waals surface area contributed by atoms with E-state index in [-0.39, 0.29) is 0 Å². The van der Waals surface area contributed by atoms with Crippen molar-refractivity contribution in [3.8, 4) is 0 Å². The largest absolute Gasteiger partial charge is 0.465 e. The fraction of sp³-hybridized carbons (Fsp3) is 0.667. The van der Waals surface area contributed by atoms with E-state index in [0.29, 0.717) is 43.7 Å². The summed E-state index contributed by atoms with van der Waals surface area (Å²) in [6.07, 6.45) is 4.57. The van der Waals surface area contributed by atoms with E-state index in [0.717, 1.165) is 32.4 Å². The van der Waals surface area contributed by atoms with Gasteiger partial charge in [0.25, 0.3) is 0 Å². The van der Waals surface area contributed by atoms with Crippen LogP contribution in [0.4, 0.5) is 11.8 Å². The molecule has 0 atom stereocenters. The van der Waals surface area contributed by atoms with Gasteiger partial charge in [-0.05, 0) is 19.3 Å². The molecule has 1 aliphatic heterocycles. The third-order valence-corrected chi connectivity index (χ3v) is 3.35. The average Bonchev–Trinajstić information content (AvgIpc) is 2.57. The van der Waals surface area contributed by atoms with E-state index in [1.807, 2.05) is 0 Å². The number of methoxy groups -OCH3 is 1. The van der Waals surface area contributed by atoms with Crippen LogP contribution in [-0.4, -0.2) is 62.6 Å². The van der Waals surface area contributed by atoms with E-state index in [1.165, 1.54) is 13.3 Å². The van der Waals surface area contributed by atoms with Crippen LogP contribution >= 0.6 is 0 Å². The van der Waals surface area contributed by atoms with Crippen molar-refractivity contribution < 1.29 is 19.0 Å². The molecule has 2 N–H and O–H groups in total. The van der Waals surface area contributed by atoms with Crippen molar-refractivity contribution in [2.24, 2.45) is 0 Å². The molecule has 2 rings (SSSR count). The van der Waals surface area contributed by atoms with Gasteiger partial charge in [0.15, 0.2) is 0 Å². The number of carbonyl (C=O) groups excluding carboxylic acids is 1. The first-order chi connectivity index (χ1) is 11.3. The zero-order chi connectivity index (χ0) is 16.3. The van der Waals surface area contributed by atoms with Crippen molar-refractivity contribution in [2.75, 3.05) is 57.3 Å². The molecule has 1 aliphatic rings. The number of aromatic nitrogens is 2. The van der Waals surface area contributed by atoms with Gasteiger partial charge in [0.2, 0.25) is 5.95 Å². The molecule has 2 bridgehead atoms. The Balaban J connectivity index is 2.04. The van der Waals surface area contributed by atoms with Gasteiger partial charge in [0.1, 0.15) is 11.4 Å². The standard InChI is InChI=1S/C15H24N4O4/c1-21-14(20)12-11-18-15-17-5-3-2-4-7-22-9-10-23-8-6-16-13(12)19-15/h11H,2-10H2,1H3,(H2,16,17,18,19). The SMILES string of the molecule is COC(=O)c1cnc2nc1NCCOCCOCCCCCN2. The quantitative estimate of drug-likeness (QED) is 0.747. The Labute approximate surface area is 135 Å². The van der Waals surface area contributed by atoms with Crippen LogP contribution in [0.25, 0.3) is 0 Å². The van der Waals surface area contributed by atoms with Crippen molar-refractivity contribution in [1.82, 2.24) is 9.97 Å². The van der Waals surface area contributed by atoms with Crippen LogP contribution in [0.5, 0.6) is 0 Å². The summed E-state index contributed by atoms with van der Waals surface area (Å²) in [6.45, 7) is 3.72. The molecular formula is C15H24N4O4. The molecule has 1 aromatic rings. The second-order valence-electron chi connectivity index (χ2n) is 5.09. The highest BCUT2D eigenvalue weighted by molar-refractivity contribution is 5.94. The van der Waals surface area contributed by atoms with E-state index < -0.39 is 5.97 Å². The number of esters is 1. The molecule has 0 spiro atoms. The number of hydrogen-bond acceptors (Lipinski definition) is 8. The Morgan fingerprint density at radius 2 is 1.91 bits per heavy atom. The van der Waals surface area contributed by atoms with Crippen LogP contribution in [0.2, 0.25) is 0 Å². The third-order valence-electron chi connectivity index (χ3n) is 3.35. The van der Waals surface area contributed by atoms with Crippen LogP contribution in [0.1, 0.15) is 29.6 Å². The maximum atomic E-state index is 11.8. The number of rotatable bonds is 1. The number of hydrogen-bond donors (Lipinski definition) is 2. The van der Waals surface area contributed by atoms with E-state index in [4.69, 9.17) is 14.2 Å². The fourth-order valence-corrected chi connectivity index (χ4v) is 2.13. The second-order valence-corrected chi connectivity index (χ2v) is 5.09. The average molecular weight is 324 g/mol. The van der Waals surface area contributed by atoms with Crippen LogP contribution in [0, 0.1) is 0 Å². The number of ether oxygens (including phenoxy) is 3. The van der Waals surface area contributed by atoms with Gasteiger partial charge in [-0.1, -0.05) is 0 Å². The molecule has 8 nitrogen and oxygen atoms in total. The molecule has 0 fully saturated rings. The normalized spacial score (nSPS) is 17.6. The second kappa shape index (κ2) is 9.96. The first kappa shape index (κ1) is 17.4. The Morgan fingerprint density at radius 1 is 1.09 bits per heavy atom. The minimum absolute atomic E-state index is 0.308. The van der Waals surface area contributed by atoms with Crippen LogP contribution in [0.3, 0.4) is 0 Å². The van der Waals surface area contributed by atoms with E-state index in [2.05, 4.69) is 20.6 Å². The zero-order valence-corrected chi connectivity index (χ0v) is 13.5. The molecule has 0 unspecified atom stereocenters. The Kier molecular flexibility index (Phi) is 7.55. The molecule has 1 aromatic heterocycles. The highest BCUT2D eigenvalue weighted by Gasteiger charge is 2.15. The van der Waals surface area contributed by atoms with Crippen molar-refractivity contribution >= 4 is 17.7 Å². The van der Waals surface area contributed by atoms with Gasteiger partial charge in [-0.2, -0.15) is 4.98 Å². The monoisotopic (exact) mass is 324 g/mol.